The average molecular weight is 399 g/mol. The third kappa shape index (κ3) is 5.20. The van der Waals surface area contributed by atoms with Crippen molar-refractivity contribution < 1.29 is 9.72 Å². The number of nitrogens with one attached hydrogen (secondary N) is 2. The van der Waals surface area contributed by atoms with Crippen molar-refractivity contribution in [2.45, 2.75) is 65.1 Å². The van der Waals surface area contributed by atoms with Crippen LogP contribution in [0.5, 0.6) is 0 Å². The van der Waals surface area contributed by atoms with Gasteiger partial charge in [0.25, 0.3) is 5.91 Å². The molecule has 1 fully saturated rings. The fraction of sp³-hybridized carbons (Fsp3) is 0.524. The number of aryl methyl sites for hydroxylation is 1. The molecule has 1 aromatic carbocycles. The van der Waals surface area contributed by atoms with Gasteiger partial charge in [-0.1, -0.05) is 44.0 Å². The minimum Gasteiger partial charge on any atom is -0.346 e. The van der Waals surface area contributed by atoms with E-state index in [0.717, 1.165) is 25.1 Å². The lowest BCUT2D eigenvalue weighted by molar-refractivity contribution is -0.385. The molecule has 3 rings (SSSR count). The van der Waals surface area contributed by atoms with E-state index in [1.807, 2.05) is 19.1 Å². The summed E-state index contributed by atoms with van der Waals surface area (Å²) in [6, 6.07) is 8.76. The van der Waals surface area contributed by atoms with E-state index < -0.39 is 10.8 Å². The maximum absolute atomic E-state index is 12.4. The number of carbonyl (C=O) groups excluding carboxylic acids is 1. The number of likely N-dealkylation sites (tertiary alicyclic amines) is 1. The summed E-state index contributed by atoms with van der Waals surface area (Å²) in [6.45, 7) is 6.57. The van der Waals surface area contributed by atoms with Gasteiger partial charge in [-0.25, -0.2) is 0 Å². The molecule has 1 saturated heterocycles. The van der Waals surface area contributed by atoms with E-state index >= 15 is 0 Å². The van der Waals surface area contributed by atoms with E-state index in [1.165, 1.54) is 24.8 Å². The summed E-state index contributed by atoms with van der Waals surface area (Å²) in [6.07, 6.45) is 5.03. The van der Waals surface area contributed by atoms with Gasteiger partial charge in [0.1, 0.15) is 5.69 Å². The van der Waals surface area contributed by atoms with Crippen LogP contribution in [-0.4, -0.2) is 38.5 Å². The Labute approximate surface area is 170 Å². The first-order valence-corrected chi connectivity index (χ1v) is 10.3. The van der Waals surface area contributed by atoms with Crippen LogP contribution in [0.15, 0.2) is 24.3 Å². The van der Waals surface area contributed by atoms with Crippen molar-refractivity contribution in [3.8, 4) is 0 Å². The highest BCUT2D eigenvalue weighted by Crippen LogP contribution is 2.23. The quantitative estimate of drug-likeness (QED) is 0.522. The van der Waals surface area contributed by atoms with Gasteiger partial charge in [0.15, 0.2) is 0 Å². The first kappa shape index (κ1) is 21.0. The van der Waals surface area contributed by atoms with Gasteiger partial charge < -0.3 is 5.32 Å². The van der Waals surface area contributed by atoms with Crippen LogP contribution in [0.3, 0.4) is 0 Å². The third-order valence-electron chi connectivity index (χ3n) is 5.51. The van der Waals surface area contributed by atoms with Gasteiger partial charge in [-0.05, 0) is 43.9 Å². The van der Waals surface area contributed by atoms with Crippen LogP contribution in [-0.2, 0) is 19.5 Å². The number of piperidine rings is 1. The van der Waals surface area contributed by atoms with Crippen LogP contribution >= 0.6 is 0 Å². The molecule has 8 nitrogen and oxygen atoms in total. The highest BCUT2D eigenvalue weighted by Gasteiger charge is 2.28. The molecule has 1 aliphatic rings. The van der Waals surface area contributed by atoms with Crippen LogP contribution in [0.4, 0.5) is 5.69 Å². The Bertz CT molecular complexity index is 847. The van der Waals surface area contributed by atoms with Crippen LogP contribution < -0.4 is 5.32 Å². The maximum atomic E-state index is 12.4. The number of carbonyl (C=O) groups is 1. The molecule has 0 saturated carbocycles. The predicted octanol–water partition coefficient (Wildman–Crippen LogP) is 3.57. The molecular formula is C21H29N5O3. The minimum atomic E-state index is -0.542. The zero-order valence-electron chi connectivity index (χ0n) is 17.1. The maximum Gasteiger partial charge on any atom is 0.322 e. The lowest BCUT2D eigenvalue weighted by Gasteiger charge is -2.33. The molecule has 2 aromatic rings. The number of nitro groups is 1. The summed E-state index contributed by atoms with van der Waals surface area (Å²) in [7, 11) is 0. The van der Waals surface area contributed by atoms with Gasteiger partial charge in [-0.3, -0.25) is 24.9 Å². The molecule has 1 unspecified atom stereocenters. The summed E-state index contributed by atoms with van der Waals surface area (Å²) in [5, 5.41) is 20.6. The van der Waals surface area contributed by atoms with Gasteiger partial charge in [-0.15, -0.1) is 0 Å². The number of nitrogens with zero attached hydrogens (tertiary/aromatic N) is 3. The van der Waals surface area contributed by atoms with Gasteiger partial charge in [0.2, 0.25) is 5.69 Å². The first-order chi connectivity index (χ1) is 14.0. The van der Waals surface area contributed by atoms with Crippen LogP contribution in [0.1, 0.15) is 66.8 Å². The second-order valence-corrected chi connectivity index (χ2v) is 7.72. The Hall–Kier alpha value is -2.74. The number of rotatable bonds is 8. The van der Waals surface area contributed by atoms with Crippen LogP contribution in [0, 0.1) is 10.1 Å². The molecule has 8 heteroatoms. The number of benzene rings is 1. The predicted molar refractivity (Wildman–Crippen MR) is 111 cm³/mol. The van der Waals surface area contributed by atoms with Gasteiger partial charge >= 0.3 is 5.69 Å². The highest BCUT2D eigenvalue weighted by molar-refractivity contribution is 5.96. The van der Waals surface area contributed by atoms with Crippen molar-refractivity contribution in [3.63, 3.8) is 0 Å². The second kappa shape index (κ2) is 9.65. The Morgan fingerprint density at radius 2 is 2.03 bits per heavy atom. The Morgan fingerprint density at radius 1 is 1.31 bits per heavy atom. The molecule has 0 spiro atoms. The molecule has 1 atom stereocenters. The van der Waals surface area contributed by atoms with Gasteiger partial charge in [-0.2, -0.15) is 5.10 Å². The summed E-state index contributed by atoms with van der Waals surface area (Å²) in [5.41, 5.74) is 2.20. The van der Waals surface area contributed by atoms with Gasteiger partial charge in [0, 0.05) is 19.1 Å². The molecule has 1 amide bonds. The van der Waals surface area contributed by atoms with E-state index in [0.29, 0.717) is 24.7 Å². The van der Waals surface area contributed by atoms with Gasteiger partial charge in [0.05, 0.1) is 4.92 Å². The van der Waals surface area contributed by atoms with Crippen molar-refractivity contribution in [2.75, 3.05) is 6.54 Å². The molecule has 0 aliphatic carbocycles. The van der Waals surface area contributed by atoms with E-state index in [1.54, 1.807) is 0 Å². The topological polar surface area (TPSA) is 104 Å². The Kier molecular flexibility index (Phi) is 6.98. The van der Waals surface area contributed by atoms with Crippen molar-refractivity contribution >= 4 is 11.6 Å². The molecular weight excluding hydrogens is 370 g/mol. The molecule has 0 radical (unpaired) electrons. The SMILES string of the molecule is CCCc1[nH]nc(C(=O)NCc2ccc(CN3CCCCC3C)cc2)c1[N+](=O)[O-]. The normalized spacial score (nSPS) is 17.2. The molecule has 2 heterocycles. The molecule has 0 bridgehead atoms. The second-order valence-electron chi connectivity index (χ2n) is 7.72. The standard InChI is InChI=1S/C21H29N5O3/c1-3-6-18-20(26(28)29)19(24-23-18)21(27)22-13-16-8-10-17(11-9-16)14-25-12-5-4-7-15(25)2/h8-11,15H,3-7,12-14H2,1-2H3,(H,22,27)(H,23,24). The Morgan fingerprint density at radius 3 is 2.69 bits per heavy atom. The minimum absolute atomic E-state index is 0.158. The highest BCUT2D eigenvalue weighted by atomic mass is 16.6. The molecule has 156 valence electrons. The summed E-state index contributed by atoms with van der Waals surface area (Å²) in [5.74, 6) is -0.540. The Balaban J connectivity index is 1.59. The monoisotopic (exact) mass is 399 g/mol. The number of aromatic nitrogens is 2. The largest absolute Gasteiger partial charge is 0.346 e. The van der Waals surface area contributed by atoms with E-state index in [-0.39, 0.29) is 11.4 Å². The number of H-pyrrole nitrogens is 1. The zero-order valence-corrected chi connectivity index (χ0v) is 17.1. The fourth-order valence-electron chi connectivity index (χ4n) is 3.81. The number of amides is 1. The smallest absolute Gasteiger partial charge is 0.322 e. The van der Waals surface area contributed by atoms with Crippen molar-refractivity contribution in [2.24, 2.45) is 0 Å². The fourth-order valence-corrected chi connectivity index (χ4v) is 3.81. The lowest BCUT2D eigenvalue weighted by Crippen LogP contribution is -2.36. The number of hydrogen-bond acceptors (Lipinski definition) is 5. The van der Waals surface area contributed by atoms with Crippen LogP contribution in [0.25, 0.3) is 0 Å². The summed E-state index contributed by atoms with van der Waals surface area (Å²) in [4.78, 5) is 25.7. The zero-order chi connectivity index (χ0) is 20.8. The third-order valence-corrected chi connectivity index (χ3v) is 5.51. The van der Waals surface area contributed by atoms with Crippen LogP contribution in [0.2, 0.25) is 0 Å². The average Bonchev–Trinajstić information content (AvgIpc) is 3.13. The van der Waals surface area contributed by atoms with Crippen molar-refractivity contribution in [3.05, 3.63) is 56.9 Å². The molecule has 2 N–H and O–H groups in total. The molecule has 1 aliphatic heterocycles. The molecule has 29 heavy (non-hydrogen) atoms. The van der Waals surface area contributed by atoms with Crippen molar-refractivity contribution in [1.29, 1.82) is 0 Å². The number of hydrogen-bond donors (Lipinski definition) is 2. The van der Waals surface area contributed by atoms with Crippen molar-refractivity contribution in [1.82, 2.24) is 20.4 Å². The van der Waals surface area contributed by atoms with E-state index in [2.05, 4.69) is 39.5 Å². The summed E-state index contributed by atoms with van der Waals surface area (Å²) < 4.78 is 0. The lowest BCUT2D eigenvalue weighted by atomic mass is 10.0. The first-order valence-electron chi connectivity index (χ1n) is 10.3. The van der Waals surface area contributed by atoms with E-state index in [9.17, 15) is 14.9 Å². The van der Waals surface area contributed by atoms with E-state index in [4.69, 9.17) is 0 Å². The molecule has 1 aromatic heterocycles. The summed E-state index contributed by atoms with van der Waals surface area (Å²) >= 11 is 0. The number of aromatic amines is 1.